The molecule has 2 unspecified atom stereocenters. The van der Waals surface area contributed by atoms with Crippen molar-refractivity contribution in [1.29, 1.82) is 0 Å². The first-order chi connectivity index (χ1) is 14.5. The summed E-state index contributed by atoms with van der Waals surface area (Å²) in [5, 5.41) is 0. The number of hydrogen-bond donors (Lipinski definition) is 0. The summed E-state index contributed by atoms with van der Waals surface area (Å²) in [5.74, 6) is 2.51. The second-order valence-corrected chi connectivity index (χ2v) is 11.1. The van der Waals surface area contributed by atoms with Crippen molar-refractivity contribution in [3.05, 3.63) is 58.2 Å². The zero-order valence-corrected chi connectivity index (χ0v) is 19.0. The largest absolute Gasteiger partial charge is 0.299 e. The fourth-order valence-corrected chi connectivity index (χ4v) is 6.37. The molecule has 0 bridgehead atoms. The Bertz CT molecular complexity index is 878. The molecule has 1 heteroatoms. The van der Waals surface area contributed by atoms with E-state index in [0.29, 0.717) is 23.5 Å². The molecule has 2 saturated carbocycles. The van der Waals surface area contributed by atoms with Gasteiger partial charge in [0.1, 0.15) is 5.78 Å². The lowest BCUT2D eigenvalue weighted by atomic mass is 9.67. The Morgan fingerprint density at radius 3 is 2.60 bits per heavy atom. The van der Waals surface area contributed by atoms with Crippen LogP contribution < -0.4 is 0 Å². The van der Waals surface area contributed by atoms with Crippen molar-refractivity contribution in [2.45, 2.75) is 90.9 Å². The highest BCUT2D eigenvalue weighted by molar-refractivity contribution is 5.83. The number of rotatable bonds is 5. The molecule has 160 valence electrons. The average molecular weight is 403 g/mol. The van der Waals surface area contributed by atoms with E-state index < -0.39 is 0 Å². The maximum atomic E-state index is 13.0. The van der Waals surface area contributed by atoms with E-state index in [1.54, 1.807) is 5.57 Å². The van der Waals surface area contributed by atoms with Crippen molar-refractivity contribution in [1.82, 2.24) is 0 Å². The molecule has 2 fully saturated rings. The molecule has 1 aromatic rings. The van der Waals surface area contributed by atoms with Gasteiger partial charge in [0, 0.05) is 12.3 Å². The minimum absolute atomic E-state index is 0.291. The van der Waals surface area contributed by atoms with Crippen LogP contribution in [-0.2, 0) is 24.1 Å². The van der Waals surface area contributed by atoms with Crippen LogP contribution in [-0.4, -0.2) is 5.78 Å². The predicted molar refractivity (Wildman–Crippen MR) is 125 cm³/mol. The molecule has 5 rings (SSSR count). The van der Waals surface area contributed by atoms with Gasteiger partial charge in [0.05, 0.1) is 0 Å². The van der Waals surface area contributed by atoms with Gasteiger partial charge in [-0.1, -0.05) is 42.8 Å². The highest BCUT2D eigenvalue weighted by Crippen LogP contribution is 2.52. The van der Waals surface area contributed by atoms with Gasteiger partial charge in [0.25, 0.3) is 0 Å². The van der Waals surface area contributed by atoms with Crippen LogP contribution in [0.4, 0.5) is 0 Å². The van der Waals surface area contributed by atoms with E-state index >= 15 is 0 Å². The van der Waals surface area contributed by atoms with Crippen molar-refractivity contribution < 1.29 is 4.79 Å². The minimum atomic E-state index is 0.291. The van der Waals surface area contributed by atoms with Crippen LogP contribution in [0.5, 0.6) is 0 Å². The van der Waals surface area contributed by atoms with Crippen LogP contribution in [0.2, 0.25) is 0 Å². The molecule has 0 aromatic heterocycles. The molecule has 1 aromatic carbocycles. The van der Waals surface area contributed by atoms with Gasteiger partial charge in [0.15, 0.2) is 0 Å². The van der Waals surface area contributed by atoms with E-state index in [-0.39, 0.29) is 0 Å². The molecule has 0 heterocycles. The molecular formula is C29H38O. The number of carbonyl (C=O) groups is 1. The molecule has 4 aliphatic rings. The van der Waals surface area contributed by atoms with E-state index in [1.807, 2.05) is 0 Å². The molecule has 0 aliphatic heterocycles. The third-order valence-electron chi connectivity index (χ3n) is 8.78. The maximum Gasteiger partial charge on any atom is 0.140 e. The van der Waals surface area contributed by atoms with Crippen LogP contribution in [0.25, 0.3) is 0 Å². The smallest absolute Gasteiger partial charge is 0.140 e. The number of benzene rings is 1. The molecule has 0 radical (unpaired) electrons. The molecule has 2 atom stereocenters. The van der Waals surface area contributed by atoms with Crippen molar-refractivity contribution in [2.24, 2.45) is 23.2 Å². The van der Waals surface area contributed by atoms with E-state index in [2.05, 4.69) is 44.2 Å². The Labute approximate surface area is 183 Å². The zero-order chi connectivity index (χ0) is 20.7. The Balaban J connectivity index is 1.15. The second kappa shape index (κ2) is 8.13. The second-order valence-electron chi connectivity index (χ2n) is 11.1. The van der Waals surface area contributed by atoms with Gasteiger partial charge in [-0.2, -0.15) is 0 Å². The molecule has 0 N–H and O–H groups in total. The molecule has 1 spiro atoms. The number of Topliss-reactive ketones (excluding diaryl/α,β-unsaturated/α-hetero) is 1. The first-order valence-corrected chi connectivity index (χ1v) is 12.5. The standard InChI is InChI=1S/C29H38O/c1-20(15-27-16-21(27)2)26-11-14-29(19-26)12-9-24(10-13-29)28(30)18-22-7-8-23-5-3-4-6-25(23)17-22/h7-8,11,15,17,21,24,27H,3-6,9-10,12-14,16,18-19H2,1-2H3/b20-15+. The van der Waals surface area contributed by atoms with E-state index in [1.165, 1.54) is 80.1 Å². The number of hydrogen-bond acceptors (Lipinski definition) is 1. The number of allylic oxidation sites excluding steroid dienone is 4. The first kappa shape index (κ1) is 20.3. The predicted octanol–water partition coefficient (Wildman–Crippen LogP) is 7.18. The summed E-state index contributed by atoms with van der Waals surface area (Å²) in [7, 11) is 0. The van der Waals surface area contributed by atoms with Gasteiger partial charge in [0.2, 0.25) is 0 Å². The summed E-state index contributed by atoms with van der Waals surface area (Å²) in [6, 6.07) is 6.84. The maximum absolute atomic E-state index is 13.0. The molecule has 0 amide bonds. The fraction of sp³-hybridized carbons (Fsp3) is 0.621. The molecule has 30 heavy (non-hydrogen) atoms. The summed E-state index contributed by atoms with van der Waals surface area (Å²) in [4.78, 5) is 13.0. The SMILES string of the molecule is C/C(=C\C1CC1C)C1=CCC2(CCC(C(=O)Cc3ccc4c(c3)CCCC4)CC2)C1. The average Bonchev–Trinajstić information content (AvgIpc) is 3.29. The fourth-order valence-electron chi connectivity index (χ4n) is 6.37. The Kier molecular flexibility index (Phi) is 5.50. The summed E-state index contributed by atoms with van der Waals surface area (Å²) in [6.45, 7) is 4.69. The minimum Gasteiger partial charge on any atom is -0.299 e. The van der Waals surface area contributed by atoms with Crippen LogP contribution in [0.3, 0.4) is 0 Å². The van der Waals surface area contributed by atoms with Crippen molar-refractivity contribution in [2.75, 3.05) is 0 Å². The van der Waals surface area contributed by atoms with Crippen LogP contribution in [0, 0.1) is 23.2 Å². The number of ketones is 1. The zero-order valence-electron chi connectivity index (χ0n) is 19.0. The van der Waals surface area contributed by atoms with E-state index in [9.17, 15) is 4.79 Å². The van der Waals surface area contributed by atoms with Crippen molar-refractivity contribution in [3.8, 4) is 0 Å². The van der Waals surface area contributed by atoms with Gasteiger partial charge in [-0.05, 0) is 117 Å². The van der Waals surface area contributed by atoms with Crippen LogP contribution >= 0.6 is 0 Å². The molecule has 1 nitrogen and oxygen atoms in total. The third kappa shape index (κ3) is 4.23. The highest BCUT2D eigenvalue weighted by atomic mass is 16.1. The van der Waals surface area contributed by atoms with Crippen molar-refractivity contribution in [3.63, 3.8) is 0 Å². The topological polar surface area (TPSA) is 17.1 Å². The van der Waals surface area contributed by atoms with Gasteiger partial charge in [-0.15, -0.1) is 0 Å². The van der Waals surface area contributed by atoms with E-state index in [4.69, 9.17) is 0 Å². The quantitative estimate of drug-likeness (QED) is 0.510. The Morgan fingerprint density at radius 2 is 1.87 bits per heavy atom. The van der Waals surface area contributed by atoms with Gasteiger partial charge in [-0.3, -0.25) is 4.79 Å². The van der Waals surface area contributed by atoms with Gasteiger partial charge < -0.3 is 0 Å². The summed E-state index contributed by atoms with van der Waals surface area (Å²) in [6.07, 6.45) is 19.3. The van der Waals surface area contributed by atoms with Crippen molar-refractivity contribution >= 4 is 5.78 Å². The van der Waals surface area contributed by atoms with Gasteiger partial charge in [-0.25, -0.2) is 0 Å². The lowest BCUT2D eigenvalue weighted by Crippen LogP contribution is -2.29. The molecular weight excluding hydrogens is 364 g/mol. The summed E-state index contributed by atoms with van der Waals surface area (Å²) in [5.41, 5.74) is 7.87. The van der Waals surface area contributed by atoms with Crippen LogP contribution in [0.15, 0.2) is 41.5 Å². The lowest BCUT2D eigenvalue weighted by Gasteiger charge is -2.37. The van der Waals surface area contributed by atoms with Crippen LogP contribution in [0.1, 0.15) is 88.3 Å². The Morgan fingerprint density at radius 1 is 1.13 bits per heavy atom. The third-order valence-corrected chi connectivity index (χ3v) is 8.78. The normalized spacial score (nSPS) is 33.3. The van der Waals surface area contributed by atoms with Gasteiger partial charge >= 0.3 is 0 Å². The number of fused-ring (bicyclic) bond motifs is 1. The highest BCUT2D eigenvalue weighted by Gasteiger charge is 2.40. The summed E-state index contributed by atoms with van der Waals surface area (Å²) < 4.78 is 0. The molecule has 0 saturated heterocycles. The summed E-state index contributed by atoms with van der Waals surface area (Å²) >= 11 is 0. The molecule has 4 aliphatic carbocycles. The number of carbonyl (C=O) groups excluding carboxylic acids is 1. The monoisotopic (exact) mass is 402 g/mol. The van der Waals surface area contributed by atoms with E-state index in [0.717, 1.165) is 24.7 Å². The number of aryl methyl sites for hydroxylation is 2. The lowest BCUT2D eigenvalue weighted by molar-refractivity contribution is -0.123. The Hall–Kier alpha value is -1.63. The first-order valence-electron chi connectivity index (χ1n) is 12.5.